The standard InChI is InChI=1S/C8H14N2O4S/c1-6(12)9-2-3-15-4-7(8(13)14)10-5-11/h5,7H,2-4H2,1H3,(H,9,12)(H,10,11)(H,13,14). The van der Waals surface area contributed by atoms with Crippen molar-refractivity contribution in [2.75, 3.05) is 18.1 Å². The Kier molecular flexibility index (Phi) is 7.43. The van der Waals surface area contributed by atoms with Crippen LogP contribution in [0.25, 0.3) is 0 Å². The molecule has 0 aromatic carbocycles. The molecule has 1 unspecified atom stereocenters. The monoisotopic (exact) mass is 234 g/mol. The number of carbonyl (C=O) groups excluding carboxylic acids is 2. The van der Waals surface area contributed by atoms with Crippen LogP contribution in [0.4, 0.5) is 0 Å². The van der Waals surface area contributed by atoms with Crippen LogP contribution < -0.4 is 10.6 Å². The van der Waals surface area contributed by atoms with Crippen LogP contribution >= 0.6 is 11.8 Å². The Morgan fingerprint density at radius 2 is 2.20 bits per heavy atom. The second-order valence-electron chi connectivity index (χ2n) is 2.73. The van der Waals surface area contributed by atoms with Gasteiger partial charge < -0.3 is 15.7 Å². The first-order valence-corrected chi connectivity index (χ1v) is 5.48. The smallest absolute Gasteiger partial charge is 0.327 e. The van der Waals surface area contributed by atoms with E-state index in [-0.39, 0.29) is 11.7 Å². The third-order valence-corrected chi connectivity index (χ3v) is 2.53. The average molecular weight is 234 g/mol. The van der Waals surface area contributed by atoms with Crippen molar-refractivity contribution >= 4 is 30.0 Å². The zero-order valence-electron chi connectivity index (χ0n) is 8.36. The molecule has 0 fully saturated rings. The van der Waals surface area contributed by atoms with Gasteiger partial charge in [0.15, 0.2) is 0 Å². The number of thioether (sulfide) groups is 1. The van der Waals surface area contributed by atoms with E-state index in [9.17, 15) is 14.4 Å². The molecule has 0 rings (SSSR count). The van der Waals surface area contributed by atoms with Gasteiger partial charge in [0, 0.05) is 25.0 Å². The van der Waals surface area contributed by atoms with E-state index >= 15 is 0 Å². The van der Waals surface area contributed by atoms with Gasteiger partial charge in [-0.3, -0.25) is 9.59 Å². The molecule has 86 valence electrons. The van der Waals surface area contributed by atoms with E-state index < -0.39 is 12.0 Å². The minimum absolute atomic E-state index is 0.114. The molecule has 0 spiro atoms. The number of nitrogens with one attached hydrogen (secondary N) is 2. The van der Waals surface area contributed by atoms with Crippen molar-refractivity contribution < 1.29 is 19.5 Å². The molecule has 1 atom stereocenters. The molecule has 3 N–H and O–H groups in total. The summed E-state index contributed by atoms with van der Waals surface area (Å²) >= 11 is 1.35. The van der Waals surface area contributed by atoms with E-state index in [1.54, 1.807) is 0 Å². The first kappa shape index (κ1) is 13.8. The Bertz CT molecular complexity index is 235. The highest BCUT2D eigenvalue weighted by atomic mass is 32.2. The van der Waals surface area contributed by atoms with Crippen LogP contribution in [0.3, 0.4) is 0 Å². The summed E-state index contributed by atoms with van der Waals surface area (Å²) in [5.74, 6) is -0.275. The Morgan fingerprint density at radius 1 is 1.53 bits per heavy atom. The highest BCUT2D eigenvalue weighted by Gasteiger charge is 2.15. The molecular formula is C8H14N2O4S. The average Bonchev–Trinajstić information content (AvgIpc) is 2.15. The molecule has 0 aliphatic rings. The first-order chi connectivity index (χ1) is 7.07. The number of amides is 2. The summed E-state index contributed by atoms with van der Waals surface area (Å²) in [6.07, 6.45) is 0.368. The van der Waals surface area contributed by atoms with Gasteiger partial charge in [-0.1, -0.05) is 0 Å². The van der Waals surface area contributed by atoms with E-state index in [0.717, 1.165) is 0 Å². The van der Waals surface area contributed by atoms with Crippen LogP contribution in [0.1, 0.15) is 6.92 Å². The summed E-state index contributed by atoms with van der Waals surface area (Å²) in [6.45, 7) is 1.91. The minimum atomic E-state index is -1.06. The van der Waals surface area contributed by atoms with E-state index in [0.29, 0.717) is 18.7 Å². The van der Waals surface area contributed by atoms with Gasteiger partial charge in [0.1, 0.15) is 6.04 Å². The van der Waals surface area contributed by atoms with Crippen molar-refractivity contribution in [2.24, 2.45) is 0 Å². The van der Waals surface area contributed by atoms with Gasteiger partial charge in [-0.15, -0.1) is 0 Å². The second kappa shape index (κ2) is 8.10. The lowest BCUT2D eigenvalue weighted by atomic mass is 10.3. The highest BCUT2D eigenvalue weighted by molar-refractivity contribution is 7.99. The van der Waals surface area contributed by atoms with Crippen molar-refractivity contribution in [3.05, 3.63) is 0 Å². The quantitative estimate of drug-likeness (QED) is 0.372. The molecular weight excluding hydrogens is 220 g/mol. The Labute approximate surface area is 91.8 Å². The van der Waals surface area contributed by atoms with Crippen LogP contribution in [-0.4, -0.2) is 47.5 Å². The van der Waals surface area contributed by atoms with Gasteiger partial charge in [-0.2, -0.15) is 11.8 Å². The summed E-state index contributed by atoms with van der Waals surface area (Å²) in [5, 5.41) is 13.4. The van der Waals surface area contributed by atoms with Gasteiger partial charge in [-0.05, 0) is 0 Å². The number of carboxylic acids is 1. The fourth-order valence-corrected chi connectivity index (χ4v) is 1.66. The fourth-order valence-electron chi connectivity index (χ4n) is 0.773. The van der Waals surface area contributed by atoms with E-state index in [4.69, 9.17) is 5.11 Å². The second-order valence-corrected chi connectivity index (χ2v) is 3.88. The number of carbonyl (C=O) groups is 3. The zero-order chi connectivity index (χ0) is 11.7. The molecule has 15 heavy (non-hydrogen) atoms. The Morgan fingerprint density at radius 3 is 2.67 bits per heavy atom. The van der Waals surface area contributed by atoms with Crippen LogP contribution in [0.5, 0.6) is 0 Å². The van der Waals surface area contributed by atoms with Crippen LogP contribution in [0.15, 0.2) is 0 Å². The Hall–Kier alpha value is -1.24. The number of hydrogen-bond acceptors (Lipinski definition) is 4. The third kappa shape index (κ3) is 7.80. The summed E-state index contributed by atoms with van der Waals surface area (Å²) in [6, 6.07) is -0.871. The molecule has 2 amide bonds. The molecule has 0 saturated heterocycles. The third-order valence-electron chi connectivity index (χ3n) is 1.47. The number of rotatable bonds is 8. The van der Waals surface area contributed by atoms with E-state index in [1.165, 1.54) is 18.7 Å². The largest absolute Gasteiger partial charge is 0.480 e. The lowest BCUT2D eigenvalue weighted by molar-refractivity contribution is -0.139. The maximum atomic E-state index is 10.6. The van der Waals surface area contributed by atoms with Crippen molar-refractivity contribution in [1.82, 2.24) is 10.6 Å². The van der Waals surface area contributed by atoms with Crippen LogP contribution in [0, 0.1) is 0 Å². The SMILES string of the molecule is CC(=O)NCCSCC(NC=O)C(=O)O. The van der Waals surface area contributed by atoms with Crippen molar-refractivity contribution in [1.29, 1.82) is 0 Å². The zero-order valence-corrected chi connectivity index (χ0v) is 9.17. The molecule has 0 bridgehead atoms. The summed E-state index contributed by atoms with van der Waals surface area (Å²) in [7, 11) is 0. The fraction of sp³-hybridized carbons (Fsp3) is 0.625. The van der Waals surface area contributed by atoms with Crippen LogP contribution in [0.2, 0.25) is 0 Å². The van der Waals surface area contributed by atoms with Crippen LogP contribution in [-0.2, 0) is 14.4 Å². The Balaban J connectivity index is 3.57. The predicted octanol–water partition coefficient (Wildman–Crippen LogP) is -0.945. The molecule has 0 heterocycles. The van der Waals surface area contributed by atoms with Crippen molar-refractivity contribution in [2.45, 2.75) is 13.0 Å². The molecule has 6 nitrogen and oxygen atoms in total. The molecule has 0 aliphatic heterocycles. The topological polar surface area (TPSA) is 95.5 Å². The maximum Gasteiger partial charge on any atom is 0.327 e. The summed E-state index contributed by atoms with van der Waals surface area (Å²) < 4.78 is 0. The minimum Gasteiger partial charge on any atom is -0.480 e. The molecule has 7 heteroatoms. The summed E-state index contributed by atoms with van der Waals surface area (Å²) in [5.41, 5.74) is 0. The number of aliphatic carboxylic acids is 1. The van der Waals surface area contributed by atoms with Gasteiger partial charge >= 0.3 is 5.97 Å². The number of carboxylic acid groups (broad SMARTS) is 1. The highest BCUT2D eigenvalue weighted by Crippen LogP contribution is 2.01. The van der Waals surface area contributed by atoms with Gasteiger partial charge in [0.25, 0.3) is 0 Å². The van der Waals surface area contributed by atoms with Crippen molar-refractivity contribution in [3.63, 3.8) is 0 Å². The maximum absolute atomic E-state index is 10.6. The lowest BCUT2D eigenvalue weighted by Crippen LogP contribution is -2.38. The molecule has 0 aromatic rings. The molecule has 0 saturated carbocycles. The summed E-state index contributed by atoms with van der Waals surface area (Å²) in [4.78, 5) is 31.1. The predicted molar refractivity (Wildman–Crippen MR) is 56.6 cm³/mol. The van der Waals surface area contributed by atoms with Crippen molar-refractivity contribution in [3.8, 4) is 0 Å². The molecule has 0 aliphatic carbocycles. The van der Waals surface area contributed by atoms with E-state index in [1.807, 2.05) is 0 Å². The molecule has 0 radical (unpaired) electrons. The van der Waals surface area contributed by atoms with Gasteiger partial charge in [0.2, 0.25) is 12.3 Å². The normalized spacial score (nSPS) is 11.5. The molecule has 0 aromatic heterocycles. The lowest BCUT2D eigenvalue weighted by Gasteiger charge is -2.10. The first-order valence-electron chi connectivity index (χ1n) is 4.32. The van der Waals surface area contributed by atoms with Gasteiger partial charge in [0.05, 0.1) is 0 Å². The number of hydrogen-bond donors (Lipinski definition) is 3. The van der Waals surface area contributed by atoms with Gasteiger partial charge in [-0.25, -0.2) is 4.79 Å². The van der Waals surface area contributed by atoms with E-state index in [2.05, 4.69) is 10.6 Å².